The molecule has 5 heteroatoms. The van der Waals surface area contributed by atoms with E-state index in [-0.39, 0.29) is 5.92 Å². The van der Waals surface area contributed by atoms with Crippen molar-refractivity contribution in [3.05, 3.63) is 48.0 Å². The molecule has 0 bridgehead atoms. The van der Waals surface area contributed by atoms with E-state index in [0.29, 0.717) is 11.9 Å². The monoisotopic (exact) mass is 366 g/mol. The number of aromatic nitrogens is 3. The van der Waals surface area contributed by atoms with Gasteiger partial charge in [-0.2, -0.15) is 0 Å². The Morgan fingerprint density at radius 3 is 2.67 bits per heavy atom. The summed E-state index contributed by atoms with van der Waals surface area (Å²) in [6, 6.07) is 10.8. The second kappa shape index (κ2) is 8.68. The molecule has 1 aliphatic carbocycles. The molecule has 1 atom stereocenters. The van der Waals surface area contributed by atoms with Gasteiger partial charge in [0.15, 0.2) is 0 Å². The highest BCUT2D eigenvalue weighted by Crippen LogP contribution is 2.30. The van der Waals surface area contributed by atoms with E-state index in [4.69, 9.17) is 0 Å². The van der Waals surface area contributed by atoms with Gasteiger partial charge in [0.05, 0.1) is 6.54 Å². The average molecular weight is 367 g/mol. The fourth-order valence-electron chi connectivity index (χ4n) is 4.69. The molecule has 2 aromatic rings. The minimum Gasteiger partial charge on any atom is -0.339 e. The van der Waals surface area contributed by atoms with Gasteiger partial charge >= 0.3 is 0 Å². The van der Waals surface area contributed by atoms with Gasteiger partial charge in [0.25, 0.3) is 0 Å². The molecular formula is C22H30N4O. The van der Waals surface area contributed by atoms with E-state index in [2.05, 4.69) is 43.9 Å². The Morgan fingerprint density at radius 1 is 1.04 bits per heavy atom. The standard InChI is InChI=1S/C22H30N4O/c27-22(19-10-5-2-6-11-19)26-15-7-12-20(26)13-14-21-24-23-17-25(21)16-18-8-3-1-4-9-18/h1,3-4,8-9,17,19-20H,2,5-7,10-16H2. The van der Waals surface area contributed by atoms with Crippen LogP contribution in [0.2, 0.25) is 0 Å². The number of carbonyl (C=O) groups is 1. The van der Waals surface area contributed by atoms with Crippen LogP contribution in [-0.4, -0.2) is 38.2 Å². The topological polar surface area (TPSA) is 51.0 Å². The van der Waals surface area contributed by atoms with E-state index in [0.717, 1.165) is 57.4 Å². The van der Waals surface area contributed by atoms with Crippen molar-refractivity contribution in [3.8, 4) is 0 Å². The maximum absolute atomic E-state index is 13.0. The number of rotatable bonds is 6. The molecule has 2 heterocycles. The van der Waals surface area contributed by atoms with Crippen molar-refractivity contribution in [2.45, 2.75) is 70.4 Å². The molecule has 1 aromatic heterocycles. The smallest absolute Gasteiger partial charge is 0.225 e. The Kier molecular flexibility index (Phi) is 5.85. The Hall–Kier alpha value is -2.17. The molecule has 2 aliphatic rings. The molecule has 0 N–H and O–H groups in total. The maximum Gasteiger partial charge on any atom is 0.225 e. The zero-order valence-corrected chi connectivity index (χ0v) is 16.1. The van der Waals surface area contributed by atoms with Crippen LogP contribution >= 0.6 is 0 Å². The SMILES string of the molecule is O=C(C1CCCCC1)N1CCCC1CCc1nncn1Cc1ccccc1. The van der Waals surface area contributed by atoms with E-state index >= 15 is 0 Å². The van der Waals surface area contributed by atoms with Crippen molar-refractivity contribution in [2.24, 2.45) is 5.92 Å². The quantitative estimate of drug-likeness (QED) is 0.781. The molecule has 1 unspecified atom stereocenters. The highest BCUT2D eigenvalue weighted by molar-refractivity contribution is 5.79. The summed E-state index contributed by atoms with van der Waals surface area (Å²) < 4.78 is 2.14. The van der Waals surface area contributed by atoms with Crippen molar-refractivity contribution in [1.82, 2.24) is 19.7 Å². The van der Waals surface area contributed by atoms with Gasteiger partial charge in [-0.15, -0.1) is 10.2 Å². The number of hydrogen-bond donors (Lipinski definition) is 0. The van der Waals surface area contributed by atoms with Gasteiger partial charge < -0.3 is 9.47 Å². The molecule has 1 aromatic carbocycles. The number of likely N-dealkylation sites (tertiary alicyclic amines) is 1. The third-order valence-electron chi connectivity index (χ3n) is 6.21. The molecule has 27 heavy (non-hydrogen) atoms. The van der Waals surface area contributed by atoms with Gasteiger partial charge in [-0.3, -0.25) is 4.79 Å². The van der Waals surface area contributed by atoms with Crippen molar-refractivity contribution in [1.29, 1.82) is 0 Å². The van der Waals surface area contributed by atoms with Gasteiger partial charge in [0, 0.05) is 24.9 Å². The van der Waals surface area contributed by atoms with Crippen LogP contribution in [-0.2, 0) is 17.8 Å². The number of benzene rings is 1. The highest BCUT2D eigenvalue weighted by Gasteiger charge is 2.33. The third kappa shape index (κ3) is 4.40. The molecular weight excluding hydrogens is 336 g/mol. The van der Waals surface area contributed by atoms with Gasteiger partial charge in [0.2, 0.25) is 5.91 Å². The summed E-state index contributed by atoms with van der Waals surface area (Å²) >= 11 is 0. The van der Waals surface area contributed by atoms with E-state index in [9.17, 15) is 4.79 Å². The van der Waals surface area contributed by atoms with Crippen LogP contribution in [0.1, 0.15) is 62.8 Å². The lowest BCUT2D eigenvalue weighted by Crippen LogP contribution is -2.40. The van der Waals surface area contributed by atoms with Crippen LogP contribution in [0, 0.1) is 5.92 Å². The second-order valence-corrected chi connectivity index (χ2v) is 8.06. The normalized spacial score (nSPS) is 20.9. The fraction of sp³-hybridized carbons (Fsp3) is 0.591. The molecule has 0 radical (unpaired) electrons. The van der Waals surface area contributed by atoms with E-state index < -0.39 is 0 Å². The highest BCUT2D eigenvalue weighted by atomic mass is 16.2. The largest absolute Gasteiger partial charge is 0.339 e. The summed E-state index contributed by atoms with van der Waals surface area (Å²) in [5.41, 5.74) is 1.26. The lowest BCUT2D eigenvalue weighted by atomic mass is 9.88. The zero-order chi connectivity index (χ0) is 18.5. The molecule has 0 spiro atoms. The maximum atomic E-state index is 13.0. The summed E-state index contributed by atoms with van der Waals surface area (Å²) in [6.07, 6.45) is 11.9. The first-order valence-corrected chi connectivity index (χ1v) is 10.5. The van der Waals surface area contributed by atoms with Crippen molar-refractivity contribution in [2.75, 3.05) is 6.54 Å². The van der Waals surface area contributed by atoms with E-state index in [1.54, 1.807) is 0 Å². The summed E-state index contributed by atoms with van der Waals surface area (Å²) in [4.78, 5) is 15.2. The first-order chi connectivity index (χ1) is 13.3. The second-order valence-electron chi connectivity index (χ2n) is 8.06. The molecule has 144 valence electrons. The number of aryl methyl sites for hydroxylation is 1. The minimum atomic E-state index is 0.279. The summed E-state index contributed by atoms with van der Waals surface area (Å²) in [5.74, 6) is 1.72. The fourth-order valence-corrected chi connectivity index (χ4v) is 4.69. The van der Waals surface area contributed by atoms with E-state index in [1.165, 1.54) is 24.8 Å². The predicted molar refractivity (Wildman–Crippen MR) is 105 cm³/mol. The molecule has 2 fully saturated rings. The van der Waals surface area contributed by atoms with Gasteiger partial charge in [-0.05, 0) is 37.7 Å². The van der Waals surface area contributed by atoms with Crippen LogP contribution in [0.25, 0.3) is 0 Å². The number of amides is 1. The van der Waals surface area contributed by atoms with Crippen molar-refractivity contribution >= 4 is 5.91 Å². The van der Waals surface area contributed by atoms with Crippen LogP contribution in [0.3, 0.4) is 0 Å². The first kappa shape index (κ1) is 18.2. The number of carbonyl (C=O) groups excluding carboxylic acids is 1. The average Bonchev–Trinajstić information content (AvgIpc) is 3.36. The van der Waals surface area contributed by atoms with Gasteiger partial charge in [-0.1, -0.05) is 49.6 Å². The summed E-state index contributed by atoms with van der Waals surface area (Å²) in [7, 11) is 0. The lowest BCUT2D eigenvalue weighted by Gasteiger charge is -2.30. The van der Waals surface area contributed by atoms with Gasteiger partial charge in [0.1, 0.15) is 12.2 Å². The Balaban J connectivity index is 1.35. The van der Waals surface area contributed by atoms with Crippen LogP contribution in [0.5, 0.6) is 0 Å². The predicted octanol–water partition coefficient (Wildman–Crippen LogP) is 3.83. The van der Waals surface area contributed by atoms with Gasteiger partial charge in [-0.25, -0.2) is 0 Å². The van der Waals surface area contributed by atoms with Crippen molar-refractivity contribution in [3.63, 3.8) is 0 Å². The number of hydrogen-bond acceptors (Lipinski definition) is 3. The molecule has 5 nitrogen and oxygen atoms in total. The zero-order valence-electron chi connectivity index (χ0n) is 16.1. The lowest BCUT2D eigenvalue weighted by molar-refractivity contribution is -0.137. The van der Waals surface area contributed by atoms with Crippen LogP contribution in [0.15, 0.2) is 36.7 Å². The molecule has 1 saturated carbocycles. The Labute approximate surface area is 161 Å². The number of nitrogens with zero attached hydrogens (tertiary/aromatic N) is 4. The molecule has 1 saturated heterocycles. The Morgan fingerprint density at radius 2 is 1.85 bits per heavy atom. The van der Waals surface area contributed by atoms with E-state index in [1.807, 2.05) is 12.4 Å². The minimum absolute atomic E-state index is 0.279. The van der Waals surface area contributed by atoms with Crippen molar-refractivity contribution < 1.29 is 4.79 Å². The third-order valence-corrected chi connectivity index (χ3v) is 6.21. The van der Waals surface area contributed by atoms with Crippen LogP contribution < -0.4 is 0 Å². The summed E-state index contributed by atoms with van der Waals surface area (Å²) in [6.45, 7) is 1.75. The first-order valence-electron chi connectivity index (χ1n) is 10.5. The summed E-state index contributed by atoms with van der Waals surface area (Å²) in [5, 5.41) is 8.47. The molecule has 1 amide bonds. The Bertz CT molecular complexity index is 736. The molecule has 4 rings (SSSR count). The molecule has 1 aliphatic heterocycles. The van der Waals surface area contributed by atoms with Crippen LogP contribution in [0.4, 0.5) is 0 Å².